The minimum Gasteiger partial charge on any atom is -0.327 e. The first-order chi connectivity index (χ1) is 8.43. The molecule has 3 atom stereocenters. The van der Waals surface area contributed by atoms with Gasteiger partial charge in [0.1, 0.15) is 0 Å². The van der Waals surface area contributed by atoms with Crippen LogP contribution in [0.25, 0.3) is 0 Å². The molecule has 0 amide bonds. The van der Waals surface area contributed by atoms with E-state index in [4.69, 9.17) is 5.73 Å². The van der Waals surface area contributed by atoms with E-state index in [9.17, 15) is 0 Å². The van der Waals surface area contributed by atoms with Crippen molar-refractivity contribution < 1.29 is 0 Å². The third kappa shape index (κ3) is 3.71. The number of nitrogens with two attached hydrogens (primary N) is 1. The van der Waals surface area contributed by atoms with E-state index in [1.54, 1.807) is 0 Å². The van der Waals surface area contributed by atoms with Crippen LogP contribution in [0.5, 0.6) is 0 Å². The molecule has 2 nitrogen and oxygen atoms in total. The Morgan fingerprint density at radius 2 is 1.89 bits per heavy atom. The summed E-state index contributed by atoms with van der Waals surface area (Å²) in [6.45, 7) is 15.5. The second-order valence-electron chi connectivity index (χ2n) is 6.79. The zero-order valence-corrected chi connectivity index (χ0v) is 13.2. The molecule has 108 valence electrons. The van der Waals surface area contributed by atoms with Gasteiger partial charge in [0.05, 0.1) is 0 Å². The van der Waals surface area contributed by atoms with Crippen molar-refractivity contribution in [2.75, 3.05) is 19.6 Å². The fourth-order valence-electron chi connectivity index (χ4n) is 3.34. The zero-order chi connectivity index (χ0) is 13.8. The second-order valence-corrected chi connectivity index (χ2v) is 6.79. The van der Waals surface area contributed by atoms with Crippen molar-refractivity contribution >= 4 is 0 Å². The first-order valence-corrected chi connectivity index (χ1v) is 7.91. The lowest BCUT2D eigenvalue weighted by atomic mass is 9.61. The largest absolute Gasteiger partial charge is 0.327 e. The summed E-state index contributed by atoms with van der Waals surface area (Å²) in [5.41, 5.74) is 6.63. The Hall–Kier alpha value is -0.0800. The van der Waals surface area contributed by atoms with Crippen LogP contribution in [-0.2, 0) is 0 Å². The molecular formula is C16H34N2. The van der Waals surface area contributed by atoms with Gasteiger partial charge in [0.2, 0.25) is 0 Å². The molecule has 0 bridgehead atoms. The number of hydrogen-bond acceptors (Lipinski definition) is 2. The van der Waals surface area contributed by atoms with Crippen LogP contribution in [0.2, 0.25) is 0 Å². The smallest absolute Gasteiger partial charge is 0.00698 e. The normalized spacial score (nSPS) is 31.8. The van der Waals surface area contributed by atoms with Gasteiger partial charge in [-0.2, -0.15) is 0 Å². The van der Waals surface area contributed by atoms with Crippen molar-refractivity contribution in [3.8, 4) is 0 Å². The van der Waals surface area contributed by atoms with Gasteiger partial charge < -0.3 is 10.6 Å². The van der Waals surface area contributed by atoms with Crippen molar-refractivity contribution in [1.29, 1.82) is 0 Å². The molecule has 1 rings (SSSR count). The highest BCUT2D eigenvalue weighted by atomic mass is 15.1. The van der Waals surface area contributed by atoms with Crippen LogP contribution in [0.4, 0.5) is 0 Å². The second kappa shape index (κ2) is 6.91. The molecule has 1 aliphatic rings. The standard InChI is InChI=1S/C16H34N2/c1-6-8-11-18(7-2)12-14-9-10-15(17)13(3)16(14,4)5/h13-15H,6-12,17H2,1-5H3. The predicted molar refractivity (Wildman–Crippen MR) is 80.7 cm³/mol. The highest BCUT2D eigenvalue weighted by Crippen LogP contribution is 2.44. The maximum Gasteiger partial charge on any atom is 0.00698 e. The maximum atomic E-state index is 6.25. The van der Waals surface area contributed by atoms with Crippen LogP contribution in [0, 0.1) is 17.3 Å². The first kappa shape index (κ1) is 16.0. The Labute approximate surface area is 114 Å². The lowest BCUT2D eigenvalue weighted by Crippen LogP contribution is -2.50. The quantitative estimate of drug-likeness (QED) is 0.786. The Morgan fingerprint density at radius 1 is 1.22 bits per heavy atom. The molecule has 0 radical (unpaired) electrons. The summed E-state index contributed by atoms with van der Waals surface area (Å²) in [5, 5.41) is 0. The molecular weight excluding hydrogens is 220 g/mol. The summed E-state index contributed by atoms with van der Waals surface area (Å²) in [7, 11) is 0. The minimum absolute atomic E-state index is 0.386. The summed E-state index contributed by atoms with van der Waals surface area (Å²) in [6.07, 6.45) is 5.14. The van der Waals surface area contributed by atoms with Gasteiger partial charge >= 0.3 is 0 Å². The van der Waals surface area contributed by atoms with Crippen molar-refractivity contribution in [2.24, 2.45) is 23.0 Å². The Morgan fingerprint density at radius 3 is 2.44 bits per heavy atom. The van der Waals surface area contributed by atoms with Crippen LogP contribution >= 0.6 is 0 Å². The van der Waals surface area contributed by atoms with E-state index in [2.05, 4.69) is 39.5 Å². The first-order valence-electron chi connectivity index (χ1n) is 7.91. The number of hydrogen-bond donors (Lipinski definition) is 1. The molecule has 2 N–H and O–H groups in total. The van der Waals surface area contributed by atoms with Crippen LogP contribution in [0.1, 0.15) is 60.3 Å². The summed E-state index contributed by atoms with van der Waals surface area (Å²) >= 11 is 0. The number of rotatable bonds is 6. The molecule has 1 saturated carbocycles. The summed E-state index contributed by atoms with van der Waals surface area (Å²) < 4.78 is 0. The molecule has 0 aromatic heterocycles. The van der Waals surface area contributed by atoms with Crippen LogP contribution in [-0.4, -0.2) is 30.6 Å². The SMILES string of the molecule is CCCCN(CC)CC1CCC(N)C(C)C1(C)C. The lowest BCUT2D eigenvalue weighted by molar-refractivity contribution is 0.0294. The van der Waals surface area contributed by atoms with Crippen LogP contribution in [0.3, 0.4) is 0 Å². The summed E-state index contributed by atoms with van der Waals surface area (Å²) in [4.78, 5) is 2.64. The predicted octanol–water partition coefficient (Wildman–Crippen LogP) is 3.51. The van der Waals surface area contributed by atoms with Gasteiger partial charge in [0, 0.05) is 12.6 Å². The molecule has 2 heteroatoms. The van der Waals surface area contributed by atoms with Crippen LogP contribution < -0.4 is 5.73 Å². The van der Waals surface area contributed by atoms with Crippen molar-refractivity contribution in [2.45, 2.75) is 66.3 Å². The average molecular weight is 254 g/mol. The van der Waals surface area contributed by atoms with Gasteiger partial charge in [0.25, 0.3) is 0 Å². The van der Waals surface area contributed by atoms with E-state index in [0.29, 0.717) is 17.4 Å². The zero-order valence-electron chi connectivity index (χ0n) is 13.2. The highest BCUT2D eigenvalue weighted by Gasteiger charge is 2.41. The van der Waals surface area contributed by atoms with E-state index >= 15 is 0 Å². The Bertz CT molecular complexity index is 237. The molecule has 0 aliphatic heterocycles. The number of unbranched alkanes of at least 4 members (excludes halogenated alkanes) is 1. The third-order valence-electron chi connectivity index (χ3n) is 5.47. The van der Waals surface area contributed by atoms with Gasteiger partial charge in [-0.25, -0.2) is 0 Å². The van der Waals surface area contributed by atoms with Gasteiger partial charge in [-0.1, -0.05) is 41.0 Å². The number of nitrogens with zero attached hydrogens (tertiary/aromatic N) is 1. The lowest BCUT2D eigenvalue weighted by Gasteiger charge is -2.48. The molecule has 0 aromatic carbocycles. The minimum atomic E-state index is 0.386. The fourth-order valence-corrected chi connectivity index (χ4v) is 3.34. The molecule has 18 heavy (non-hydrogen) atoms. The molecule has 3 unspecified atom stereocenters. The highest BCUT2D eigenvalue weighted by molar-refractivity contribution is 4.94. The van der Waals surface area contributed by atoms with Gasteiger partial charge in [-0.3, -0.25) is 0 Å². The molecule has 0 aromatic rings. The van der Waals surface area contributed by atoms with E-state index in [-0.39, 0.29) is 0 Å². The Kier molecular flexibility index (Phi) is 6.13. The van der Waals surface area contributed by atoms with Gasteiger partial charge in [0.15, 0.2) is 0 Å². The van der Waals surface area contributed by atoms with Gasteiger partial charge in [-0.05, 0) is 49.6 Å². The van der Waals surface area contributed by atoms with Crippen molar-refractivity contribution in [3.05, 3.63) is 0 Å². The molecule has 0 heterocycles. The van der Waals surface area contributed by atoms with E-state index in [1.807, 2.05) is 0 Å². The summed E-state index contributed by atoms with van der Waals surface area (Å²) in [6, 6.07) is 0.405. The monoisotopic (exact) mass is 254 g/mol. The Balaban J connectivity index is 2.59. The van der Waals surface area contributed by atoms with Crippen molar-refractivity contribution in [3.63, 3.8) is 0 Å². The fraction of sp³-hybridized carbons (Fsp3) is 1.00. The molecule has 0 saturated heterocycles. The average Bonchev–Trinajstić information content (AvgIpc) is 2.34. The van der Waals surface area contributed by atoms with E-state index < -0.39 is 0 Å². The van der Waals surface area contributed by atoms with Crippen LogP contribution in [0.15, 0.2) is 0 Å². The molecule has 0 spiro atoms. The van der Waals surface area contributed by atoms with E-state index in [0.717, 1.165) is 5.92 Å². The third-order valence-corrected chi connectivity index (χ3v) is 5.47. The van der Waals surface area contributed by atoms with E-state index in [1.165, 1.54) is 45.3 Å². The van der Waals surface area contributed by atoms with Gasteiger partial charge in [-0.15, -0.1) is 0 Å². The summed E-state index contributed by atoms with van der Waals surface area (Å²) in [5.74, 6) is 1.45. The topological polar surface area (TPSA) is 29.3 Å². The molecule has 1 fully saturated rings. The molecule has 1 aliphatic carbocycles. The van der Waals surface area contributed by atoms with Crippen molar-refractivity contribution in [1.82, 2.24) is 4.90 Å². The maximum absolute atomic E-state index is 6.25.